The van der Waals surface area contributed by atoms with Crippen LogP contribution in [0.2, 0.25) is 0 Å². The average molecular weight is 399 g/mol. The van der Waals surface area contributed by atoms with E-state index in [2.05, 4.69) is 38.6 Å². The van der Waals surface area contributed by atoms with Crippen LogP contribution in [-0.2, 0) is 0 Å². The van der Waals surface area contributed by atoms with Crippen molar-refractivity contribution in [1.29, 1.82) is 0 Å². The second-order valence-electron chi connectivity index (χ2n) is 7.89. The fourth-order valence-corrected chi connectivity index (χ4v) is 5.04. The number of para-hydroxylation sites is 1. The Morgan fingerprint density at radius 3 is 2.48 bits per heavy atom. The number of pyridine rings is 2. The van der Waals surface area contributed by atoms with Crippen LogP contribution in [0.5, 0.6) is 0 Å². The molecule has 0 aliphatic rings. The normalized spacial score (nSPS) is 12.5. The van der Waals surface area contributed by atoms with Crippen LogP contribution in [0.3, 0.4) is 0 Å². The van der Waals surface area contributed by atoms with E-state index in [0.29, 0.717) is 0 Å². The lowest BCUT2D eigenvalue weighted by Gasteiger charge is -2.08. The first-order chi connectivity index (χ1) is 15.4. The number of fused-ring (bicyclic) bond motifs is 14. The van der Waals surface area contributed by atoms with Crippen LogP contribution in [0.15, 0.2) is 88.2 Å². The first-order valence-electron chi connectivity index (χ1n) is 10.2. The summed E-state index contributed by atoms with van der Waals surface area (Å²) >= 11 is 0. The van der Waals surface area contributed by atoms with Gasteiger partial charge in [0.05, 0.1) is 16.3 Å². The van der Waals surface area contributed by atoms with Gasteiger partial charge in [-0.05, 0) is 36.4 Å². The third kappa shape index (κ3) is 1.78. The maximum absolute atomic E-state index is 6.66. The van der Waals surface area contributed by atoms with Crippen molar-refractivity contribution in [2.75, 3.05) is 0 Å². The van der Waals surface area contributed by atoms with Crippen LogP contribution in [0.1, 0.15) is 0 Å². The summed E-state index contributed by atoms with van der Waals surface area (Å²) in [6.07, 6.45) is 7.54. The highest BCUT2D eigenvalue weighted by molar-refractivity contribution is 6.28. The summed E-state index contributed by atoms with van der Waals surface area (Å²) in [5.74, 6) is 0. The van der Waals surface area contributed by atoms with Crippen molar-refractivity contribution < 1.29 is 8.83 Å². The van der Waals surface area contributed by atoms with Gasteiger partial charge in [-0.2, -0.15) is 0 Å². The first-order valence-corrected chi connectivity index (χ1v) is 10.2. The SMILES string of the molecule is c1ccc2c(c1)oc1ccc3c4ccc5c(c6cnccc6c6nccn56)c4oc3c12. The average Bonchev–Trinajstić information content (AvgIpc) is 3.53. The third-order valence-electron chi connectivity index (χ3n) is 6.36. The number of aromatic nitrogens is 3. The maximum atomic E-state index is 6.66. The van der Waals surface area contributed by atoms with Crippen molar-refractivity contribution in [2.45, 2.75) is 0 Å². The van der Waals surface area contributed by atoms with Crippen molar-refractivity contribution in [3.8, 4) is 0 Å². The van der Waals surface area contributed by atoms with Crippen LogP contribution in [0, 0.1) is 0 Å². The molecule has 5 nitrogen and oxygen atoms in total. The van der Waals surface area contributed by atoms with Crippen LogP contribution in [0.4, 0.5) is 0 Å². The molecule has 0 radical (unpaired) electrons. The van der Waals surface area contributed by atoms with E-state index in [4.69, 9.17) is 8.83 Å². The molecular formula is C26H13N3O2. The van der Waals surface area contributed by atoms with E-state index in [-0.39, 0.29) is 0 Å². The van der Waals surface area contributed by atoms with E-state index >= 15 is 0 Å². The Bertz CT molecular complexity index is 2010. The van der Waals surface area contributed by atoms with E-state index in [0.717, 1.165) is 71.2 Å². The zero-order chi connectivity index (χ0) is 20.1. The summed E-state index contributed by atoms with van der Waals surface area (Å²) in [5, 5.41) is 7.38. The van der Waals surface area contributed by atoms with Crippen molar-refractivity contribution >= 4 is 71.2 Å². The molecule has 0 fully saturated rings. The van der Waals surface area contributed by atoms with E-state index < -0.39 is 0 Å². The van der Waals surface area contributed by atoms with Gasteiger partial charge in [0.2, 0.25) is 0 Å². The minimum absolute atomic E-state index is 0.834. The van der Waals surface area contributed by atoms with E-state index in [1.165, 1.54) is 0 Å². The lowest BCUT2D eigenvalue weighted by molar-refractivity contribution is 0.664. The molecule has 5 heteroatoms. The Morgan fingerprint density at radius 2 is 1.52 bits per heavy atom. The molecule has 0 aliphatic heterocycles. The fourth-order valence-electron chi connectivity index (χ4n) is 5.04. The molecule has 0 N–H and O–H groups in total. The van der Waals surface area contributed by atoms with Gasteiger partial charge in [-0.15, -0.1) is 0 Å². The van der Waals surface area contributed by atoms with Gasteiger partial charge in [0, 0.05) is 51.7 Å². The van der Waals surface area contributed by atoms with Gasteiger partial charge in [0.25, 0.3) is 0 Å². The van der Waals surface area contributed by atoms with Crippen molar-refractivity contribution in [1.82, 2.24) is 14.4 Å². The Balaban J connectivity index is 1.69. The summed E-state index contributed by atoms with van der Waals surface area (Å²) in [5.41, 5.74) is 5.38. The number of furan rings is 2. The molecule has 3 aromatic carbocycles. The highest BCUT2D eigenvalue weighted by Crippen LogP contribution is 2.42. The van der Waals surface area contributed by atoms with Gasteiger partial charge >= 0.3 is 0 Å². The zero-order valence-corrected chi connectivity index (χ0v) is 16.2. The minimum Gasteiger partial charge on any atom is -0.456 e. The molecule has 144 valence electrons. The van der Waals surface area contributed by atoms with Crippen molar-refractivity contribution in [3.63, 3.8) is 0 Å². The van der Waals surface area contributed by atoms with Gasteiger partial charge in [-0.1, -0.05) is 18.2 Å². The quantitative estimate of drug-likeness (QED) is 0.262. The summed E-state index contributed by atoms with van der Waals surface area (Å²) < 4.78 is 14.9. The summed E-state index contributed by atoms with van der Waals surface area (Å²) in [4.78, 5) is 8.98. The van der Waals surface area contributed by atoms with Gasteiger partial charge < -0.3 is 8.83 Å². The Labute approximate surface area is 174 Å². The molecule has 31 heavy (non-hydrogen) atoms. The van der Waals surface area contributed by atoms with E-state index in [1.54, 1.807) is 0 Å². The number of hydrogen-bond donors (Lipinski definition) is 0. The van der Waals surface area contributed by atoms with E-state index in [1.807, 2.05) is 55.1 Å². The minimum atomic E-state index is 0.834. The third-order valence-corrected chi connectivity index (χ3v) is 6.36. The molecule has 0 spiro atoms. The van der Waals surface area contributed by atoms with Gasteiger partial charge in [-0.3, -0.25) is 9.38 Å². The predicted octanol–water partition coefficient (Wildman–Crippen LogP) is 6.83. The molecule has 8 rings (SSSR count). The Morgan fingerprint density at radius 1 is 0.645 bits per heavy atom. The van der Waals surface area contributed by atoms with Gasteiger partial charge in [-0.25, -0.2) is 4.98 Å². The molecular weight excluding hydrogens is 386 g/mol. The molecule has 0 bridgehead atoms. The van der Waals surface area contributed by atoms with E-state index in [9.17, 15) is 0 Å². The summed E-state index contributed by atoms with van der Waals surface area (Å²) in [6.45, 7) is 0. The maximum Gasteiger partial charge on any atom is 0.147 e. The van der Waals surface area contributed by atoms with Crippen LogP contribution in [0.25, 0.3) is 71.2 Å². The largest absolute Gasteiger partial charge is 0.456 e. The molecule has 0 saturated carbocycles. The molecule has 5 aromatic heterocycles. The monoisotopic (exact) mass is 399 g/mol. The van der Waals surface area contributed by atoms with Crippen molar-refractivity contribution in [3.05, 3.63) is 79.4 Å². The lowest BCUT2D eigenvalue weighted by atomic mass is 10.0. The second kappa shape index (κ2) is 5.21. The second-order valence-corrected chi connectivity index (χ2v) is 7.89. The molecule has 8 aromatic rings. The van der Waals surface area contributed by atoms with Crippen LogP contribution in [-0.4, -0.2) is 14.4 Å². The predicted molar refractivity (Wildman–Crippen MR) is 123 cm³/mol. The zero-order valence-electron chi connectivity index (χ0n) is 16.2. The summed E-state index contributed by atoms with van der Waals surface area (Å²) in [7, 11) is 0. The smallest absolute Gasteiger partial charge is 0.147 e. The molecule has 0 saturated heterocycles. The van der Waals surface area contributed by atoms with Crippen LogP contribution < -0.4 is 0 Å². The Kier molecular flexibility index (Phi) is 2.60. The summed E-state index contributed by atoms with van der Waals surface area (Å²) in [6, 6.07) is 18.5. The molecule has 0 aliphatic carbocycles. The lowest BCUT2D eigenvalue weighted by Crippen LogP contribution is -1.91. The highest BCUT2D eigenvalue weighted by atomic mass is 16.3. The molecule has 5 heterocycles. The van der Waals surface area contributed by atoms with Crippen molar-refractivity contribution in [2.24, 2.45) is 0 Å². The number of hydrogen-bond acceptors (Lipinski definition) is 4. The van der Waals surface area contributed by atoms with Gasteiger partial charge in [0.1, 0.15) is 28.0 Å². The fraction of sp³-hybridized carbons (Fsp3) is 0. The number of imidazole rings is 1. The standard InChI is InChI=1S/C26H13N3O2/c1-2-4-20-17(3-1)23-21(30-20)8-6-15-14-5-7-19-22(24(14)31-25(15)23)18-13-27-10-9-16(18)26-28-11-12-29(19)26/h1-13H. The molecule has 0 amide bonds. The number of nitrogens with zero attached hydrogens (tertiary/aromatic N) is 3. The molecule has 0 unspecified atom stereocenters. The van der Waals surface area contributed by atoms with Crippen LogP contribution >= 0.6 is 0 Å². The first kappa shape index (κ1) is 15.5. The van der Waals surface area contributed by atoms with Gasteiger partial charge in [0.15, 0.2) is 0 Å². The molecule has 0 atom stereocenters. The topological polar surface area (TPSA) is 56.5 Å². The Hall–Kier alpha value is -4.38. The highest BCUT2D eigenvalue weighted by Gasteiger charge is 2.19. The number of benzene rings is 3. The number of rotatable bonds is 0.